The van der Waals surface area contributed by atoms with Crippen LogP contribution in [0.15, 0.2) is 5.10 Å². The van der Waals surface area contributed by atoms with Gasteiger partial charge < -0.3 is 15.5 Å². The average molecular weight is 257 g/mol. The van der Waals surface area contributed by atoms with Gasteiger partial charge in [-0.2, -0.15) is 5.10 Å². The Morgan fingerprint density at radius 2 is 2.00 bits per heavy atom. The average Bonchev–Trinajstić information content (AvgIpc) is 2.28. The van der Waals surface area contributed by atoms with Crippen molar-refractivity contribution >= 4 is 29.5 Å². The van der Waals surface area contributed by atoms with Gasteiger partial charge in [-0.1, -0.05) is 0 Å². The van der Waals surface area contributed by atoms with Gasteiger partial charge in [0.1, 0.15) is 11.8 Å². The first-order valence-electron chi connectivity index (χ1n) is 5.01. The Kier molecular flexibility index (Phi) is 4.35. The number of aliphatic carboxylic acids is 2. The predicted octanol–water partition coefficient (Wildman–Crippen LogP) is -1.70. The molecule has 1 rings (SSSR count). The number of carbonyl (C=O) groups excluding carboxylic acids is 2. The highest BCUT2D eigenvalue weighted by Gasteiger charge is 2.26. The van der Waals surface area contributed by atoms with Crippen LogP contribution in [0.1, 0.15) is 19.3 Å². The minimum absolute atomic E-state index is 0.0359. The standard InChI is InChI=1S/C9H11N3O6/c13-6-2-1-4(11-12-6)8(16)10-5(9(17)18)3-7(14)15/h5H,1-3H2,(H,10,16)(H,12,13)(H,14,15)(H,17,18)/t5-/m1/s1. The number of amides is 2. The topological polar surface area (TPSA) is 145 Å². The van der Waals surface area contributed by atoms with E-state index in [1.165, 1.54) is 0 Å². The number of carboxylic acid groups (broad SMARTS) is 2. The van der Waals surface area contributed by atoms with Gasteiger partial charge in [-0.25, -0.2) is 10.2 Å². The first-order chi connectivity index (χ1) is 8.40. The minimum atomic E-state index is -1.53. The highest BCUT2D eigenvalue weighted by atomic mass is 16.4. The molecule has 9 nitrogen and oxygen atoms in total. The third kappa shape index (κ3) is 3.85. The van der Waals surface area contributed by atoms with Gasteiger partial charge in [-0.15, -0.1) is 0 Å². The Morgan fingerprint density at radius 1 is 1.33 bits per heavy atom. The molecule has 0 aliphatic carbocycles. The van der Waals surface area contributed by atoms with Crippen molar-refractivity contribution < 1.29 is 29.4 Å². The lowest BCUT2D eigenvalue weighted by Gasteiger charge is -2.15. The van der Waals surface area contributed by atoms with E-state index in [4.69, 9.17) is 10.2 Å². The van der Waals surface area contributed by atoms with Gasteiger partial charge in [0, 0.05) is 12.8 Å². The lowest BCUT2D eigenvalue weighted by atomic mass is 10.1. The summed E-state index contributed by atoms with van der Waals surface area (Å²) in [5.41, 5.74) is 2.04. The number of carbonyl (C=O) groups is 4. The number of hydrogen-bond donors (Lipinski definition) is 4. The summed E-state index contributed by atoms with van der Waals surface area (Å²) in [7, 11) is 0. The van der Waals surface area contributed by atoms with E-state index in [9.17, 15) is 19.2 Å². The summed E-state index contributed by atoms with van der Waals surface area (Å²) in [6.45, 7) is 0. The molecule has 1 atom stereocenters. The molecule has 0 fully saturated rings. The number of nitrogens with zero attached hydrogens (tertiary/aromatic N) is 1. The molecule has 1 heterocycles. The van der Waals surface area contributed by atoms with Crippen LogP contribution in [0, 0.1) is 0 Å². The third-order valence-corrected chi connectivity index (χ3v) is 2.15. The normalized spacial score (nSPS) is 16.2. The van der Waals surface area contributed by atoms with Crippen molar-refractivity contribution in [3.63, 3.8) is 0 Å². The van der Waals surface area contributed by atoms with E-state index >= 15 is 0 Å². The van der Waals surface area contributed by atoms with Crippen LogP contribution in [-0.4, -0.2) is 45.7 Å². The first kappa shape index (κ1) is 13.6. The Hall–Kier alpha value is -2.45. The van der Waals surface area contributed by atoms with Crippen molar-refractivity contribution in [1.29, 1.82) is 0 Å². The van der Waals surface area contributed by atoms with Crippen LogP contribution >= 0.6 is 0 Å². The molecule has 2 amide bonds. The molecule has 0 unspecified atom stereocenters. The van der Waals surface area contributed by atoms with E-state index in [0.717, 1.165) is 0 Å². The van der Waals surface area contributed by atoms with E-state index in [1.54, 1.807) is 0 Å². The summed E-state index contributed by atoms with van der Waals surface area (Å²) in [6, 6.07) is -1.53. The van der Waals surface area contributed by atoms with E-state index in [-0.39, 0.29) is 24.5 Å². The van der Waals surface area contributed by atoms with Gasteiger partial charge in [-0.3, -0.25) is 14.4 Å². The molecular weight excluding hydrogens is 246 g/mol. The Bertz CT molecular complexity index is 430. The number of carboxylic acids is 2. The van der Waals surface area contributed by atoms with Crippen molar-refractivity contribution in [2.75, 3.05) is 0 Å². The van der Waals surface area contributed by atoms with E-state index < -0.39 is 30.3 Å². The molecule has 4 N–H and O–H groups in total. The van der Waals surface area contributed by atoms with Gasteiger partial charge in [0.2, 0.25) is 5.91 Å². The highest BCUT2D eigenvalue weighted by molar-refractivity contribution is 6.39. The summed E-state index contributed by atoms with van der Waals surface area (Å²) in [5, 5.41) is 22.7. The Labute approximate surface area is 101 Å². The molecule has 18 heavy (non-hydrogen) atoms. The minimum Gasteiger partial charge on any atom is -0.481 e. The number of rotatable bonds is 5. The second kappa shape index (κ2) is 5.75. The van der Waals surface area contributed by atoms with Crippen molar-refractivity contribution in [2.45, 2.75) is 25.3 Å². The molecule has 0 radical (unpaired) electrons. The number of hydrazone groups is 1. The maximum absolute atomic E-state index is 11.6. The predicted molar refractivity (Wildman–Crippen MR) is 56.6 cm³/mol. The SMILES string of the molecule is O=C(O)C[C@@H](NC(=O)C1=NNC(=O)CC1)C(=O)O. The fourth-order valence-corrected chi connectivity index (χ4v) is 1.25. The van der Waals surface area contributed by atoms with Crippen molar-refractivity contribution in [3.8, 4) is 0 Å². The Morgan fingerprint density at radius 3 is 2.44 bits per heavy atom. The second-order valence-electron chi connectivity index (χ2n) is 3.56. The molecule has 0 bridgehead atoms. The summed E-state index contributed by atoms with van der Waals surface area (Å²) >= 11 is 0. The zero-order valence-electron chi connectivity index (χ0n) is 9.17. The second-order valence-corrected chi connectivity index (χ2v) is 3.56. The molecule has 98 valence electrons. The van der Waals surface area contributed by atoms with Crippen LogP contribution in [0.5, 0.6) is 0 Å². The fraction of sp³-hybridized carbons (Fsp3) is 0.444. The van der Waals surface area contributed by atoms with Crippen molar-refractivity contribution in [3.05, 3.63) is 0 Å². The highest BCUT2D eigenvalue weighted by Crippen LogP contribution is 2.01. The van der Waals surface area contributed by atoms with Crippen molar-refractivity contribution in [2.24, 2.45) is 5.10 Å². The monoisotopic (exact) mass is 257 g/mol. The molecule has 1 aliphatic rings. The molecular formula is C9H11N3O6. The van der Waals surface area contributed by atoms with E-state index in [0.29, 0.717) is 0 Å². The number of nitrogens with one attached hydrogen (secondary N) is 2. The molecule has 0 saturated heterocycles. The zero-order chi connectivity index (χ0) is 13.7. The van der Waals surface area contributed by atoms with Gasteiger partial charge in [-0.05, 0) is 0 Å². The lowest BCUT2D eigenvalue weighted by Crippen LogP contribution is -2.46. The lowest BCUT2D eigenvalue weighted by molar-refractivity contribution is -0.146. The maximum atomic E-state index is 11.6. The van der Waals surface area contributed by atoms with Gasteiger partial charge in [0.15, 0.2) is 0 Å². The van der Waals surface area contributed by atoms with Crippen LogP contribution in [0.25, 0.3) is 0 Å². The van der Waals surface area contributed by atoms with Gasteiger partial charge in [0.05, 0.1) is 6.42 Å². The quantitative estimate of drug-likeness (QED) is 0.461. The molecule has 1 aliphatic heterocycles. The van der Waals surface area contributed by atoms with Crippen LogP contribution in [-0.2, 0) is 19.2 Å². The maximum Gasteiger partial charge on any atom is 0.326 e. The zero-order valence-corrected chi connectivity index (χ0v) is 9.17. The summed E-state index contributed by atoms with van der Waals surface area (Å²) in [5.74, 6) is -3.94. The molecule has 0 saturated carbocycles. The van der Waals surface area contributed by atoms with Crippen LogP contribution in [0.2, 0.25) is 0 Å². The van der Waals surface area contributed by atoms with Crippen LogP contribution < -0.4 is 10.7 Å². The fourth-order valence-electron chi connectivity index (χ4n) is 1.25. The van der Waals surface area contributed by atoms with Gasteiger partial charge in [0.25, 0.3) is 5.91 Å². The summed E-state index contributed by atoms with van der Waals surface area (Å²) < 4.78 is 0. The Balaban J connectivity index is 2.64. The molecule has 0 aromatic carbocycles. The molecule has 0 aromatic heterocycles. The first-order valence-corrected chi connectivity index (χ1v) is 5.01. The molecule has 9 heteroatoms. The molecule has 0 aromatic rings. The van der Waals surface area contributed by atoms with Gasteiger partial charge >= 0.3 is 11.9 Å². The largest absolute Gasteiger partial charge is 0.481 e. The summed E-state index contributed by atoms with van der Waals surface area (Å²) in [4.78, 5) is 43.5. The third-order valence-electron chi connectivity index (χ3n) is 2.15. The smallest absolute Gasteiger partial charge is 0.326 e. The van der Waals surface area contributed by atoms with Crippen molar-refractivity contribution in [1.82, 2.24) is 10.7 Å². The summed E-state index contributed by atoms with van der Waals surface area (Å²) in [6.07, 6.45) is -0.583. The van der Waals surface area contributed by atoms with Crippen LogP contribution in [0.3, 0.4) is 0 Å². The van der Waals surface area contributed by atoms with E-state index in [2.05, 4.69) is 10.5 Å². The number of hydrogen-bond acceptors (Lipinski definition) is 5. The van der Waals surface area contributed by atoms with E-state index in [1.807, 2.05) is 5.32 Å². The molecule has 0 spiro atoms. The van der Waals surface area contributed by atoms with Crippen LogP contribution in [0.4, 0.5) is 0 Å².